The number of aromatic nitrogens is 2. The number of para-hydroxylation sites is 1. The van der Waals surface area contributed by atoms with Gasteiger partial charge in [-0.2, -0.15) is 5.10 Å². The Morgan fingerprint density at radius 1 is 1.00 bits per heavy atom. The highest BCUT2D eigenvalue weighted by atomic mass is 35.5. The van der Waals surface area contributed by atoms with Gasteiger partial charge in [0.1, 0.15) is 22.2 Å². The van der Waals surface area contributed by atoms with E-state index < -0.39 is 0 Å². The van der Waals surface area contributed by atoms with Crippen LogP contribution in [0.4, 0.5) is 5.69 Å². The molecule has 5 nitrogen and oxygen atoms in total. The van der Waals surface area contributed by atoms with Gasteiger partial charge in [0.05, 0.1) is 11.4 Å². The molecule has 1 N–H and O–H groups in total. The number of halogens is 1. The van der Waals surface area contributed by atoms with Gasteiger partial charge >= 0.3 is 0 Å². The molecule has 0 aliphatic heterocycles. The second-order valence-electron chi connectivity index (χ2n) is 6.44. The minimum Gasteiger partial charge on any atom is -0.461 e. The van der Waals surface area contributed by atoms with Gasteiger partial charge < -0.3 is 9.73 Å². The second-order valence-corrected chi connectivity index (χ2v) is 6.80. The van der Waals surface area contributed by atoms with Gasteiger partial charge in [-0.25, -0.2) is 4.68 Å². The summed E-state index contributed by atoms with van der Waals surface area (Å²) >= 11 is 6.46. The third-order valence-electron chi connectivity index (χ3n) is 4.40. The summed E-state index contributed by atoms with van der Waals surface area (Å²) in [6.45, 7) is 3.67. The van der Waals surface area contributed by atoms with Crippen LogP contribution in [0.25, 0.3) is 17.0 Å². The lowest BCUT2D eigenvalue weighted by Crippen LogP contribution is -2.13. The number of carbonyl (C=O) groups excluding carboxylic acids is 1. The monoisotopic (exact) mass is 391 g/mol. The van der Waals surface area contributed by atoms with Crippen LogP contribution in [0, 0.1) is 13.8 Å². The van der Waals surface area contributed by atoms with Gasteiger partial charge in [0, 0.05) is 11.3 Å². The van der Waals surface area contributed by atoms with Crippen molar-refractivity contribution in [1.82, 2.24) is 9.78 Å². The fourth-order valence-corrected chi connectivity index (χ4v) is 3.36. The van der Waals surface area contributed by atoms with E-state index in [1.807, 2.05) is 73.7 Å². The number of hydrogen-bond acceptors (Lipinski definition) is 3. The minimum atomic E-state index is -0.300. The first kappa shape index (κ1) is 18.1. The molecule has 0 spiro atoms. The number of furan rings is 1. The van der Waals surface area contributed by atoms with E-state index in [0.29, 0.717) is 16.9 Å². The topological polar surface area (TPSA) is 60.1 Å². The van der Waals surface area contributed by atoms with Gasteiger partial charge in [-0.3, -0.25) is 4.79 Å². The van der Waals surface area contributed by atoms with E-state index in [2.05, 4.69) is 10.4 Å². The van der Waals surface area contributed by atoms with Crippen LogP contribution in [-0.2, 0) is 0 Å². The van der Waals surface area contributed by atoms with Crippen molar-refractivity contribution in [2.24, 2.45) is 0 Å². The Morgan fingerprint density at radius 3 is 2.36 bits per heavy atom. The average Bonchev–Trinajstić information content (AvgIpc) is 3.26. The third-order valence-corrected chi connectivity index (χ3v) is 4.75. The molecule has 0 fully saturated rings. The van der Waals surface area contributed by atoms with Crippen molar-refractivity contribution in [3.63, 3.8) is 0 Å². The molecule has 2 aromatic carbocycles. The van der Waals surface area contributed by atoms with Gasteiger partial charge in [-0.1, -0.05) is 29.8 Å². The van der Waals surface area contributed by atoms with Gasteiger partial charge in [0.25, 0.3) is 5.91 Å². The number of anilines is 1. The quantitative estimate of drug-likeness (QED) is 0.488. The van der Waals surface area contributed by atoms with Crippen molar-refractivity contribution in [2.45, 2.75) is 13.8 Å². The summed E-state index contributed by atoms with van der Waals surface area (Å²) in [5.41, 5.74) is 3.33. The number of carbonyl (C=O) groups is 1. The summed E-state index contributed by atoms with van der Waals surface area (Å²) in [5.74, 6) is 1.35. The number of aryl methyl sites for hydroxylation is 2. The molecule has 0 aliphatic carbocycles. The maximum Gasteiger partial charge on any atom is 0.260 e. The van der Waals surface area contributed by atoms with Crippen molar-refractivity contribution in [1.29, 1.82) is 0 Å². The summed E-state index contributed by atoms with van der Waals surface area (Å²) in [7, 11) is 0. The maximum absolute atomic E-state index is 12.8. The van der Waals surface area contributed by atoms with E-state index in [-0.39, 0.29) is 11.1 Å². The standard InChI is InChI=1S/C22H18ClN3O2/c1-14-8-13-19(28-14)16-9-11-17(12-10-16)24-22(27)20-15(2)25-26(21(20)23)18-6-4-3-5-7-18/h3-13H,1-2H3,(H,24,27). The van der Waals surface area contributed by atoms with Crippen LogP contribution < -0.4 is 5.32 Å². The van der Waals surface area contributed by atoms with Crippen molar-refractivity contribution in [3.8, 4) is 17.0 Å². The van der Waals surface area contributed by atoms with Crippen molar-refractivity contribution >= 4 is 23.2 Å². The lowest BCUT2D eigenvalue weighted by atomic mass is 10.1. The molecule has 140 valence electrons. The fourth-order valence-electron chi connectivity index (χ4n) is 3.00. The van der Waals surface area contributed by atoms with E-state index in [9.17, 15) is 4.79 Å². The highest BCUT2D eigenvalue weighted by Gasteiger charge is 2.21. The molecule has 2 aromatic heterocycles. The van der Waals surface area contributed by atoms with Gasteiger partial charge in [0.2, 0.25) is 0 Å². The molecule has 0 atom stereocenters. The van der Waals surface area contributed by atoms with Crippen LogP contribution in [0.15, 0.2) is 71.1 Å². The minimum absolute atomic E-state index is 0.281. The zero-order valence-electron chi connectivity index (χ0n) is 15.4. The van der Waals surface area contributed by atoms with Crippen LogP contribution in [-0.4, -0.2) is 15.7 Å². The third kappa shape index (κ3) is 3.44. The Bertz CT molecular complexity index is 1130. The molecule has 1 amide bonds. The molecule has 0 saturated carbocycles. The number of nitrogens with one attached hydrogen (secondary N) is 1. The van der Waals surface area contributed by atoms with E-state index >= 15 is 0 Å². The van der Waals surface area contributed by atoms with Crippen molar-refractivity contribution < 1.29 is 9.21 Å². The lowest BCUT2D eigenvalue weighted by molar-refractivity contribution is 0.102. The van der Waals surface area contributed by atoms with Gasteiger partial charge in [-0.05, 0) is 62.4 Å². The molecule has 0 radical (unpaired) electrons. The van der Waals surface area contributed by atoms with E-state index in [0.717, 1.165) is 22.8 Å². The Morgan fingerprint density at radius 2 is 1.71 bits per heavy atom. The van der Waals surface area contributed by atoms with Crippen molar-refractivity contribution in [2.75, 3.05) is 5.32 Å². The molecule has 2 heterocycles. The van der Waals surface area contributed by atoms with Gasteiger partial charge in [-0.15, -0.1) is 0 Å². The number of amides is 1. The molecule has 6 heteroatoms. The summed E-state index contributed by atoms with van der Waals surface area (Å²) in [5, 5.41) is 7.57. The Kier molecular flexibility index (Phi) is 4.75. The zero-order valence-corrected chi connectivity index (χ0v) is 16.2. The predicted molar refractivity (Wildman–Crippen MR) is 110 cm³/mol. The van der Waals surface area contributed by atoms with Crippen LogP contribution in [0.3, 0.4) is 0 Å². The average molecular weight is 392 g/mol. The molecule has 28 heavy (non-hydrogen) atoms. The summed E-state index contributed by atoms with van der Waals surface area (Å²) in [6.07, 6.45) is 0. The largest absolute Gasteiger partial charge is 0.461 e. The van der Waals surface area contributed by atoms with Crippen molar-refractivity contribution in [3.05, 3.63) is 88.9 Å². The Labute approximate surface area is 167 Å². The van der Waals surface area contributed by atoms with Crippen LogP contribution in [0.5, 0.6) is 0 Å². The van der Waals surface area contributed by atoms with Gasteiger partial charge in [0.15, 0.2) is 0 Å². The first-order valence-corrected chi connectivity index (χ1v) is 9.19. The lowest BCUT2D eigenvalue weighted by Gasteiger charge is -2.06. The molecular formula is C22H18ClN3O2. The second kappa shape index (κ2) is 7.37. The van der Waals surface area contributed by atoms with E-state index in [1.54, 1.807) is 11.6 Å². The zero-order chi connectivity index (χ0) is 19.7. The summed E-state index contributed by atoms with van der Waals surface area (Å²) in [6, 6.07) is 20.8. The molecule has 0 bridgehead atoms. The molecule has 4 rings (SSSR count). The maximum atomic E-state index is 12.8. The number of benzene rings is 2. The van der Waals surface area contributed by atoms with Crippen LogP contribution >= 0.6 is 11.6 Å². The number of nitrogens with zero attached hydrogens (tertiary/aromatic N) is 2. The molecule has 4 aromatic rings. The molecule has 0 saturated heterocycles. The first-order chi connectivity index (χ1) is 13.5. The SMILES string of the molecule is Cc1ccc(-c2ccc(NC(=O)c3c(C)nn(-c4ccccc4)c3Cl)cc2)o1. The molecular weight excluding hydrogens is 374 g/mol. The first-order valence-electron chi connectivity index (χ1n) is 8.81. The number of rotatable bonds is 4. The normalized spacial score (nSPS) is 10.8. The van der Waals surface area contributed by atoms with Crippen LogP contribution in [0.2, 0.25) is 5.15 Å². The Balaban J connectivity index is 1.56. The smallest absolute Gasteiger partial charge is 0.260 e. The highest BCUT2D eigenvalue weighted by Crippen LogP contribution is 2.26. The van der Waals surface area contributed by atoms with E-state index in [4.69, 9.17) is 16.0 Å². The number of hydrogen-bond donors (Lipinski definition) is 1. The fraction of sp³-hybridized carbons (Fsp3) is 0.0909. The van der Waals surface area contributed by atoms with Crippen LogP contribution in [0.1, 0.15) is 21.8 Å². The predicted octanol–water partition coefficient (Wildman–Crippen LogP) is 5.65. The Hall–Kier alpha value is -3.31. The summed E-state index contributed by atoms with van der Waals surface area (Å²) in [4.78, 5) is 12.8. The highest BCUT2D eigenvalue weighted by molar-refractivity contribution is 6.34. The van der Waals surface area contributed by atoms with E-state index in [1.165, 1.54) is 0 Å². The molecule has 0 unspecified atom stereocenters. The molecule has 0 aliphatic rings. The summed E-state index contributed by atoms with van der Waals surface area (Å²) < 4.78 is 7.18.